The molecule has 28 heavy (non-hydrogen) atoms. The first-order valence-electron chi connectivity index (χ1n) is 9.71. The lowest BCUT2D eigenvalue weighted by atomic mass is 9.81. The molecule has 0 spiro atoms. The van der Waals surface area contributed by atoms with Crippen molar-refractivity contribution in [2.24, 2.45) is 0 Å². The fourth-order valence-electron chi connectivity index (χ4n) is 3.75. The predicted octanol–water partition coefficient (Wildman–Crippen LogP) is 4.51. The molecule has 2 aromatic rings. The lowest BCUT2D eigenvalue weighted by molar-refractivity contribution is -0.0140. The fraction of sp³-hybridized carbons (Fsp3) is 0.435. The Morgan fingerprint density at radius 2 is 1.93 bits per heavy atom. The minimum atomic E-state index is -0.625. The van der Waals surface area contributed by atoms with Crippen molar-refractivity contribution < 1.29 is 18.7 Å². The van der Waals surface area contributed by atoms with Crippen molar-refractivity contribution in [3.05, 3.63) is 70.5 Å². The van der Waals surface area contributed by atoms with Crippen LogP contribution in [0.4, 0.5) is 4.39 Å². The molecule has 3 rings (SSSR count). The van der Waals surface area contributed by atoms with Crippen molar-refractivity contribution >= 4 is 5.97 Å². The van der Waals surface area contributed by atoms with Crippen LogP contribution in [0.5, 0.6) is 0 Å². The van der Waals surface area contributed by atoms with Gasteiger partial charge in [-0.1, -0.05) is 18.2 Å². The van der Waals surface area contributed by atoms with Crippen molar-refractivity contribution in [1.82, 2.24) is 4.90 Å². The maximum Gasteiger partial charge on any atom is 0.338 e. The van der Waals surface area contributed by atoms with Crippen LogP contribution >= 0.6 is 0 Å². The Balaban J connectivity index is 1.96. The lowest BCUT2D eigenvalue weighted by Crippen LogP contribution is -2.28. The summed E-state index contributed by atoms with van der Waals surface area (Å²) < 4.78 is 25.2. The number of hydrogen-bond donors (Lipinski definition) is 0. The van der Waals surface area contributed by atoms with Crippen LogP contribution in [0.2, 0.25) is 0 Å². The van der Waals surface area contributed by atoms with Crippen LogP contribution in [0.3, 0.4) is 0 Å². The number of halogens is 1. The van der Waals surface area contributed by atoms with Gasteiger partial charge in [0.15, 0.2) is 0 Å². The molecule has 1 aliphatic heterocycles. The summed E-state index contributed by atoms with van der Waals surface area (Å²) in [7, 11) is 4.08. The molecule has 0 amide bonds. The molecule has 5 heteroatoms. The second-order valence-corrected chi connectivity index (χ2v) is 7.86. The highest BCUT2D eigenvalue weighted by Crippen LogP contribution is 2.45. The molecule has 0 fully saturated rings. The smallest absolute Gasteiger partial charge is 0.338 e. The molecule has 1 atom stereocenters. The quantitative estimate of drug-likeness (QED) is 0.658. The zero-order valence-corrected chi connectivity index (χ0v) is 17.0. The molecule has 1 heterocycles. The monoisotopic (exact) mass is 385 g/mol. The molecule has 0 N–H and O–H groups in total. The standard InChI is InChI=1S/C23H28FNO3/c1-16(2)28-22(26)17-6-11-21-18(14-17)15-27-23(21,12-5-13-25(3)4)19-7-9-20(24)10-8-19/h6-11,14,16H,5,12-13,15H2,1-4H3. The Hall–Kier alpha value is -2.24. The highest BCUT2D eigenvalue weighted by Gasteiger charge is 2.41. The number of ether oxygens (including phenoxy) is 2. The Bertz CT molecular complexity index is 832. The van der Waals surface area contributed by atoms with E-state index in [1.165, 1.54) is 12.1 Å². The maximum absolute atomic E-state index is 13.5. The molecule has 0 aromatic heterocycles. The van der Waals surface area contributed by atoms with Gasteiger partial charge >= 0.3 is 5.97 Å². The van der Waals surface area contributed by atoms with Gasteiger partial charge in [-0.25, -0.2) is 9.18 Å². The lowest BCUT2D eigenvalue weighted by Gasteiger charge is -2.31. The van der Waals surface area contributed by atoms with Gasteiger partial charge in [-0.3, -0.25) is 0 Å². The maximum atomic E-state index is 13.5. The van der Waals surface area contributed by atoms with E-state index < -0.39 is 5.60 Å². The van der Waals surface area contributed by atoms with E-state index in [9.17, 15) is 9.18 Å². The number of nitrogens with zero attached hydrogens (tertiary/aromatic N) is 1. The normalized spacial score (nSPS) is 18.5. The summed E-state index contributed by atoms with van der Waals surface area (Å²) in [6.45, 7) is 5.01. The minimum absolute atomic E-state index is 0.165. The van der Waals surface area contributed by atoms with Crippen molar-refractivity contribution in [3.8, 4) is 0 Å². The van der Waals surface area contributed by atoms with Gasteiger partial charge in [-0.15, -0.1) is 0 Å². The van der Waals surface area contributed by atoms with Crippen molar-refractivity contribution in [1.29, 1.82) is 0 Å². The summed E-state index contributed by atoms with van der Waals surface area (Å²) in [5.74, 6) is -0.595. The molecular formula is C23H28FNO3. The summed E-state index contributed by atoms with van der Waals surface area (Å²) >= 11 is 0. The minimum Gasteiger partial charge on any atom is -0.459 e. The van der Waals surface area contributed by atoms with E-state index in [1.54, 1.807) is 18.2 Å². The zero-order valence-electron chi connectivity index (χ0n) is 17.0. The van der Waals surface area contributed by atoms with Gasteiger partial charge in [0.05, 0.1) is 18.3 Å². The number of rotatable bonds is 7. The summed E-state index contributed by atoms with van der Waals surface area (Å²) in [4.78, 5) is 14.4. The summed E-state index contributed by atoms with van der Waals surface area (Å²) in [6, 6.07) is 12.1. The third-order valence-corrected chi connectivity index (χ3v) is 5.04. The van der Waals surface area contributed by atoms with Gasteiger partial charge in [0.2, 0.25) is 0 Å². The van der Waals surface area contributed by atoms with E-state index in [-0.39, 0.29) is 17.9 Å². The van der Waals surface area contributed by atoms with Gasteiger partial charge in [-0.2, -0.15) is 0 Å². The number of benzene rings is 2. The van der Waals surface area contributed by atoms with Crippen LogP contribution in [0.1, 0.15) is 53.7 Å². The number of hydrogen-bond acceptors (Lipinski definition) is 4. The first-order chi connectivity index (χ1) is 13.3. The Morgan fingerprint density at radius 1 is 1.21 bits per heavy atom. The molecule has 1 aliphatic rings. The molecule has 0 radical (unpaired) electrons. The van der Waals surface area contributed by atoms with Crippen LogP contribution in [-0.4, -0.2) is 37.6 Å². The SMILES string of the molecule is CC(C)OC(=O)c1ccc2c(c1)COC2(CCCN(C)C)c1ccc(F)cc1. The topological polar surface area (TPSA) is 38.8 Å². The van der Waals surface area contributed by atoms with E-state index in [1.807, 2.05) is 40.1 Å². The Morgan fingerprint density at radius 3 is 2.57 bits per heavy atom. The molecule has 0 bridgehead atoms. The molecule has 0 saturated carbocycles. The number of carbonyl (C=O) groups is 1. The van der Waals surface area contributed by atoms with Crippen molar-refractivity contribution in [2.75, 3.05) is 20.6 Å². The molecule has 0 aliphatic carbocycles. The van der Waals surface area contributed by atoms with Crippen LogP contribution in [-0.2, 0) is 21.7 Å². The van der Waals surface area contributed by atoms with Crippen LogP contribution in [0, 0.1) is 5.82 Å². The highest BCUT2D eigenvalue weighted by atomic mass is 19.1. The van der Waals surface area contributed by atoms with Gasteiger partial charge in [0, 0.05) is 0 Å². The largest absolute Gasteiger partial charge is 0.459 e. The highest BCUT2D eigenvalue weighted by molar-refractivity contribution is 5.90. The number of fused-ring (bicyclic) bond motifs is 1. The van der Waals surface area contributed by atoms with E-state index in [0.29, 0.717) is 12.2 Å². The molecule has 1 unspecified atom stereocenters. The van der Waals surface area contributed by atoms with Crippen LogP contribution in [0.25, 0.3) is 0 Å². The molecule has 0 saturated heterocycles. The average Bonchev–Trinajstić information content (AvgIpc) is 3.00. The third kappa shape index (κ3) is 4.26. The molecular weight excluding hydrogens is 357 g/mol. The van der Waals surface area contributed by atoms with E-state index in [4.69, 9.17) is 9.47 Å². The van der Waals surface area contributed by atoms with Crippen molar-refractivity contribution in [3.63, 3.8) is 0 Å². The third-order valence-electron chi connectivity index (χ3n) is 5.04. The molecule has 4 nitrogen and oxygen atoms in total. The Labute approximate surface area is 166 Å². The summed E-state index contributed by atoms with van der Waals surface area (Å²) in [6.07, 6.45) is 1.54. The van der Waals surface area contributed by atoms with E-state index in [0.717, 1.165) is 36.1 Å². The zero-order chi connectivity index (χ0) is 20.3. The molecule has 150 valence electrons. The number of esters is 1. The summed E-state index contributed by atoms with van der Waals surface area (Å²) in [5.41, 5.74) is 2.86. The van der Waals surface area contributed by atoms with Crippen LogP contribution < -0.4 is 0 Å². The summed E-state index contributed by atoms with van der Waals surface area (Å²) in [5, 5.41) is 0. The average molecular weight is 385 g/mol. The molecule has 2 aromatic carbocycles. The van der Waals surface area contributed by atoms with Gasteiger partial charge in [-0.05, 0) is 88.3 Å². The van der Waals surface area contributed by atoms with E-state index in [2.05, 4.69) is 4.90 Å². The second kappa shape index (κ2) is 8.41. The first kappa shape index (κ1) is 20.5. The van der Waals surface area contributed by atoms with Gasteiger partial charge in [0.25, 0.3) is 0 Å². The van der Waals surface area contributed by atoms with Gasteiger partial charge in [0.1, 0.15) is 11.4 Å². The number of carbonyl (C=O) groups excluding carboxylic acids is 1. The van der Waals surface area contributed by atoms with Gasteiger partial charge < -0.3 is 14.4 Å². The predicted molar refractivity (Wildman–Crippen MR) is 107 cm³/mol. The second-order valence-electron chi connectivity index (χ2n) is 7.86. The first-order valence-corrected chi connectivity index (χ1v) is 9.71. The Kier molecular flexibility index (Phi) is 6.16. The fourth-order valence-corrected chi connectivity index (χ4v) is 3.75. The van der Waals surface area contributed by atoms with Crippen molar-refractivity contribution in [2.45, 2.75) is 45.0 Å². The van der Waals surface area contributed by atoms with E-state index >= 15 is 0 Å². The van der Waals surface area contributed by atoms with Crippen LogP contribution in [0.15, 0.2) is 42.5 Å².